The van der Waals surface area contributed by atoms with E-state index in [2.05, 4.69) is 10.8 Å². The zero-order valence-electron chi connectivity index (χ0n) is 26.5. The van der Waals surface area contributed by atoms with Crippen LogP contribution in [-0.2, 0) is 36.4 Å². The van der Waals surface area contributed by atoms with E-state index in [1.54, 1.807) is 27.0 Å². The Morgan fingerprint density at radius 3 is 2.48 bits per heavy atom. The van der Waals surface area contributed by atoms with Gasteiger partial charge in [-0.2, -0.15) is 5.26 Å². The lowest BCUT2D eigenvalue weighted by molar-refractivity contribution is -0.126. The van der Waals surface area contributed by atoms with Crippen LogP contribution in [0.25, 0.3) is 10.2 Å². The number of amides is 1. The number of nitrogens with one attached hydrogen (secondary N) is 1. The summed E-state index contributed by atoms with van der Waals surface area (Å²) in [4.78, 5) is 42.7. The van der Waals surface area contributed by atoms with Gasteiger partial charge in [-0.15, -0.1) is 11.3 Å². The van der Waals surface area contributed by atoms with Crippen LogP contribution in [0, 0.1) is 18.3 Å². The van der Waals surface area contributed by atoms with E-state index in [4.69, 9.17) is 14.2 Å². The fourth-order valence-corrected chi connectivity index (χ4v) is 8.97. The fourth-order valence-electron chi connectivity index (χ4n) is 6.49. The van der Waals surface area contributed by atoms with Crippen LogP contribution in [0.3, 0.4) is 0 Å². The van der Waals surface area contributed by atoms with Crippen molar-refractivity contribution in [2.45, 2.75) is 107 Å². The number of aryl methyl sites for hydroxylation is 1. The van der Waals surface area contributed by atoms with Gasteiger partial charge >= 0.3 is 5.69 Å². The summed E-state index contributed by atoms with van der Waals surface area (Å²) in [6.07, 6.45) is 3.46. The molecule has 0 radical (unpaired) electrons. The highest BCUT2D eigenvalue weighted by Gasteiger charge is 2.52. The maximum Gasteiger partial charge on any atom is 0.333 e. The number of carbonyl (C=O) groups excluding carboxylic acids is 1. The highest BCUT2D eigenvalue weighted by atomic mass is 32.2. The van der Waals surface area contributed by atoms with Crippen molar-refractivity contribution in [3.05, 3.63) is 61.1 Å². The molecule has 3 aliphatic rings. The van der Waals surface area contributed by atoms with Gasteiger partial charge in [-0.05, 0) is 77.8 Å². The van der Waals surface area contributed by atoms with Gasteiger partial charge in [0.05, 0.1) is 42.1 Å². The van der Waals surface area contributed by atoms with Crippen molar-refractivity contribution in [1.29, 1.82) is 5.26 Å². The van der Waals surface area contributed by atoms with E-state index in [1.807, 2.05) is 18.2 Å². The second kappa shape index (κ2) is 11.6. The fraction of sp³-hybridized carbons (Fsp3) is 0.562. The number of para-hydroxylation sites is 1. The normalized spacial score (nSPS) is 22.7. The number of hydrogen-bond donors (Lipinski definition) is 1. The van der Waals surface area contributed by atoms with Crippen LogP contribution in [0.1, 0.15) is 81.4 Å². The van der Waals surface area contributed by atoms with E-state index in [1.165, 1.54) is 18.4 Å². The Labute approximate surface area is 270 Å². The van der Waals surface area contributed by atoms with Crippen molar-refractivity contribution in [3.8, 4) is 11.8 Å². The third-order valence-corrected chi connectivity index (χ3v) is 13.1. The summed E-state index contributed by atoms with van der Waals surface area (Å²) in [6.45, 7) is 5.77. The van der Waals surface area contributed by atoms with Gasteiger partial charge < -0.3 is 14.2 Å². The van der Waals surface area contributed by atoms with Crippen molar-refractivity contribution in [1.82, 2.24) is 13.9 Å². The van der Waals surface area contributed by atoms with Crippen molar-refractivity contribution < 1.29 is 27.4 Å². The van der Waals surface area contributed by atoms with E-state index in [0.29, 0.717) is 42.6 Å². The molecule has 2 aromatic heterocycles. The maximum absolute atomic E-state index is 14.5. The minimum absolute atomic E-state index is 0.0679. The lowest BCUT2D eigenvalue weighted by Gasteiger charge is -2.33. The van der Waals surface area contributed by atoms with Crippen LogP contribution in [0.5, 0.6) is 5.75 Å². The molecule has 12 nitrogen and oxygen atoms in total. The molecule has 1 aliphatic carbocycles. The largest absolute Gasteiger partial charge is 0.496 e. The lowest BCUT2D eigenvalue weighted by atomic mass is 10.0. The summed E-state index contributed by atoms with van der Waals surface area (Å²) < 4.78 is 47.6. The van der Waals surface area contributed by atoms with E-state index < -0.39 is 43.6 Å². The number of thiophene rings is 1. The summed E-state index contributed by atoms with van der Waals surface area (Å²) in [5, 5.41) is 9.99. The Hall–Kier alpha value is -3.51. The van der Waals surface area contributed by atoms with E-state index in [0.717, 1.165) is 28.7 Å². The SMILES string of the molecule is COc1ccccc1[C@H](Cn1c(=O)n(C(C)(C)C(=O)NS(=O)(=O)C2(C)CC2)c(=O)c2c(C)c(C#N)sc21)OC1C[C@H]2CC[C@@H](C1)O2. The van der Waals surface area contributed by atoms with Gasteiger partial charge in [-0.1, -0.05) is 18.2 Å². The highest BCUT2D eigenvalue weighted by Crippen LogP contribution is 2.42. The molecule has 1 unspecified atom stereocenters. The quantitative estimate of drug-likeness (QED) is 0.340. The van der Waals surface area contributed by atoms with Gasteiger partial charge in [0.15, 0.2) is 0 Å². The van der Waals surface area contributed by atoms with Gasteiger partial charge in [0, 0.05) is 5.56 Å². The van der Waals surface area contributed by atoms with Crippen LogP contribution in [0.2, 0.25) is 0 Å². The standard InChI is InChI=1S/C32H38N4O8S2/c1-18-25(16-33)45-28-26(18)27(37)36(31(2,3)29(38)34-46(40,41)32(4)12-13-32)30(39)35(28)17-24(22-8-6-7-9-23(22)42-5)44-21-14-19-10-11-20(15-21)43-19/h6-9,19-21,24H,10-15,17H2,1-5H3,(H,34,38)/t19-,20+,21?,24-/m0/s1. The molecule has 2 aliphatic heterocycles. The van der Waals surface area contributed by atoms with E-state index in [-0.39, 0.29) is 40.0 Å². The van der Waals surface area contributed by atoms with Crippen LogP contribution < -0.4 is 20.7 Å². The third kappa shape index (κ3) is 5.46. The number of nitrogens with zero attached hydrogens (tertiary/aromatic N) is 3. The number of rotatable bonds is 10. The highest BCUT2D eigenvalue weighted by molar-refractivity contribution is 7.91. The minimum Gasteiger partial charge on any atom is -0.496 e. The predicted octanol–water partition coefficient (Wildman–Crippen LogP) is 3.61. The van der Waals surface area contributed by atoms with Crippen molar-refractivity contribution >= 4 is 37.5 Å². The molecule has 246 valence electrons. The maximum atomic E-state index is 14.5. The molecule has 3 aromatic rings. The van der Waals surface area contributed by atoms with Crippen LogP contribution in [0.4, 0.5) is 0 Å². The first-order valence-corrected chi connectivity index (χ1v) is 17.7. The smallest absolute Gasteiger partial charge is 0.333 e. The van der Waals surface area contributed by atoms with Gasteiger partial charge in [0.25, 0.3) is 11.5 Å². The van der Waals surface area contributed by atoms with Gasteiger partial charge in [-0.3, -0.25) is 18.9 Å². The number of fused-ring (bicyclic) bond motifs is 3. The number of methoxy groups -OCH3 is 1. The molecule has 4 heterocycles. The van der Waals surface area contributed by atoms with Crippen molar-refractivity contribution in [3.63, 3.8) is 0 Å². The number of benzene rings is 1. The van der Waals surface area contributed by atoms with E-state index in [9.17, 15) is 28.1 Å². The van der Waals surface area contributed by atoms with Crippen molar-refractivity contribution in [2.24, 2.45) is 0 Å². The summed E-state index contributed by atoms with van der Waals surface area (Å²) in [6, 6.07) is 9.45. The molecule has 1 saturated carbocycles. The molecule has 1 amide bonds. The number of hydrogen-bond acceptors (Lipinski definition) is 10. The number of carbonyl (C=O) groups is 1. The molecule has 46 heavy (non-hydrogen) atoms. The van der Waals surface area contributed by atoms with E-state index >= 15 is 0 Å². The average molecular weight is 671 g/mol. The zero-order valence-corrected chi connectivity index (χ0v) is 28.1. The molecule has 4 atom stereocenters. The number of ether oxygens (including phenoxy) is 3. The third-order valence-electron chi connectivity index (χ3n) is 9.70. The molecule has 6 rings (SSSR count). The Kier molecular flexibility index (Phi) is 8.20. The predicted molar refractivity (Wildman–Crippen MR) is 172 cm³/mol. The van der Waals surface area contributed by atoms with Gasteiger partial charge in [0.1, 0.15) is 33.2 Å². The van der Waals surface area contributed by atoms with Crippen molar-refractivity contribution in [2.75, 3.05) is 7.11 Å². The van der Waals surface area contributed by atoms with Gasteiger partial charge in [-0.25, -0.2) is 17.8 Å². The Morgan fingerprint density at radius 2 is 1.87 bits per heavy atom. The molecule has 14 heteroatoms. The first kappa shape index (κ1) is 32.4. The second-order valence-corrected chi connectivity index (χ2v) is 16.4. The molecule has 1 aromatic carbocycles. The summed E-state index contributed by atoms with van der Waals surface area (Å²) >= 11 is 1.02. The molecule has 2 saturated heterocycles. The topological polar surface area (TPSA) is 159 Å². The molecule has 1 N–H and O–H groups in total. The zero-order chi connectivity index (χ0) is 33.2. The number of aromatic nitrogens is 2. The molecular weight excluding hydrogens is 633 g/mol. The number of nitriles is 1. The molecule has 0 spiro atoms. The Morgan fingerprint density at radius 1 is 1.22 bits per heavy atom. The van der Waals surface area contributed by atoms with Crippen LogP contribution >= 0.6 is 11.3 Å². The number of sulfonamides is 1. The Bertz CT molecular complexity index is 1970. The summed E-state index contributed by atoms with van der Waals surface area (Å²) in [7, 11) is -2.51. The van der Waals surface area contributed by atoms with Crippen LogP contribution in [-0.4, -0.2) is 53.6 Å². The first-order valence-electron chi connectivity index (χ1n) is 15.4. The monoisotopic (exact) mass is 670 g/mol. The summed E-state index contributed by atoms with van der Waals surface area (Å²) in [5.41, 5.74) is -2.45. The van der Waals surface area contributed by atoms with Gasteiger partial charge in [0.2, 0.25) is 10.0 Å². The summed E-state index contributed by atoms with van der Waals surface area (Å²) in [5.74, 6) is -0.451. The second-order valence-electron chi connectivity index (χ2n) is 13.2. The molecule has 3 fully saturated rings. The first-order chi connectivity index (χ1) is 21.7. The molecule has 2 bridgehead atoms. The molecular formula is C32H38N4O8S2. The lowest BCUT2D eigenvalue weighted by Crippen LogP contribution is -2.57. The Balaban J connectivity index is 1.49. The minimum atomic E-state index is -4.06. The van der Waals surface area contributed by atoms with Crippen LogP contribution in [0.15, 0.2) is 33.9 Å². The average Bonchev–Trinajstić information content (AvgIpc) is 3.57.